The predicted octanol–water partition coefficient (Wildman–Crippen LogP) is 2.29. The molecule has 1 heterocycles. The molecule has 1 aromatic carbocycles. The molecule has 1 aliphatic rings. The van der Waals surface area contributed by atoms with Crippen molar-refractivity contribution in [3.63, 3.8) is 0 Å². The molecule has 6 nitrogen and oxygen atoms in total. The first kappa shape index (κ1) is 13.9. The number of aliphatic hydroxyl groups is 1. The van der Waals surface area contributed by atoms with E-state index < -0.39 is 0 Å². The van der Waals surface area contributed by atoms with E-state index in [9.17, 15) is 0 Å². The van der Waals surface area contributed by atoms with Gasteiger partial charge < -0.3 is 19.0 Å². The zero-order valence-corrected chi connectivity index (χ0v) is 11.7. The molecule has 112 valence electrons. The summed E-state index contributed by atoms with van der Waals surface area (Å²) < 4.78 is 16.5. The Hall–Kier alpha value is -2.08. The van der Waals surface area contributed by atoms with E-state index in [-0.39, 0.29) is 19.8 Å². The van der Waals surface area contributed by atoms with Gasteiger partial charge in [0.15, 0.2) is 6.61 Å². The Bertz CT molecular complexity index is 563. The first-order valence-corrected chi connectivity index (χ1v) is 7.14. The monoisotopic (exact) mass is 290 g/mol. The summed E-state index contributed by atoms with van der Waals surface area (Å²) in [5.74, 6) is 3.07. The van der Waals surface area contributed by atoms with Gasteiger partial charge in [0, 0.05) is 5.92 Å². The third-order valence-electron chi connectivity index (χ3n) is 3.48. The summed E-state index contributed by atoms with van der Waals surface area (Å²) in [6.45, 7) is 0.543. The van der Waals surface area contributed by atoms with Crippen molar-refractivity contribution in [3.05, 3.63) is 36.0 Å². The van der Waals surface area contributed by atoms with E-state index in [0.29, 0.717) is 23.3 Å². The number of nitrogens with zero attached hydrogens (tertiary/aromatic N) is 2. The van der Waals surface area contributed by atoms with Gasteiger partial charge in [-0.15, -0.1) is 10.2 Å². The highest BCUT2D eigenvalue weighted by Crippen LogP contribution is 2.35. The average Bonchev–Trinajstić information content (AvgIpc) is 2.90. The molecule has 0 bridgehead atoms. The molecule has 1 aliphatic carbocycles. The summed E-state index contributed by atoms with van der Waals surface area (Å²) in [6, 6.07) is 7.18. The maximum Gasteiger partial charge on any atom is 0.253 e. The first-order chi connectivity index (χ1) is 10.3. The van der Waals surface area contributed by atoms with Crippen LogP contribution in [0.1, 0.15) is 37.0 Å². The fourth-order valence-electron chi connectivity index (χ4n) is 2.09. The average molecular weight is 290 g/mol. The van der Waals surface area contributed by atoms with Crippen LogP contribution in [-0.2, 0) is 6.61 Å². The van der Waals surface area contributed by atoms with Gasteiger partial charge in [-0.05, 0) is 37.1 Å². The number of ether oxygens (including phenoxy) is 2. The van der Waals surface area contributed by atoms with E-state index in [1.807, 2.05) is 0 Å². The molecule has 1 saturated carbocycles. The quantitative estimate of drug-likeness (QED) is 0.843. The second-order valence-electron chi connectivity index (χ2n) is 4.99. The van der Waals surface area contributed by atoms with Crippen molar-refractivity contribution >= 4 is 0 Å². The van der Waals surface area contributed by atoms with Crippen molar-refractivity contribution < 1.29 is 19.0 Å². The summed E-state index contributed by atoms with van der Waals surface area (Å²) in [6.07, 6.45) is 3.51. The largest absolute Gasteiger partial charge is 0.491 e. The van der Waals surface area contributed by atoms with Gasteiger partial charge in [0.1, 0.15) is 18.1 Å². The standard InChI is InChI=1S/C15H18N2O4/c18-8-9-19-12-4-6-13(7-5-12)20-10-14-16-17-15(21-14)11-2-1-3-11/h4-7,11,18H,1-3,8-10H2. The fourth-order valence-corrected chi connectivity index (χ4v) is 2.09. The van der Waals surface area contributed by atoms with Gasteiger partial charge in [0.05, 0.1) is 6.61 Å². The highest BCUT2D eigenvalue weighted by Gasteiger charge is 2.25. The lowest BCUT2D eigenvalue weighted by Gasteiger charge is -2.20. The van der Waals surface area contributed by atoms with E-state index in [4.69, 9.17) is 19.0 Å². The van der Waals surface area contributed by atoms with Crippen LogP contribution in [0.5, 0.6) is 11.5 Å². The molecule has 1 aromatic heterocycles. The van der Waals surface area contributed by atoms with Crippen molar-refractivity contribution in [1.82, 2.24) is 10.2 Å². The summed E-state index contributed by atoms with van der Waals surface area (Å²) in [5, 5.41) is 16.7. The lowest BCUT2D eigenvalue weighted by molar-refractivity contribution is 0.201. The minimum absolute atomic E-state index is 0.00125. The lowest BCUT2D eigenvalue weighted by atomic mass is 9.85. The van der Waals surface area contributed by atoms with Gasteiger partial charge in [-0.25, -0.2) is 0 Å². The van der Waals surface area contributed by atoms with E-state index in [2.05, 4.69) is 10.2 Å². The van der Waals surface area contributed by atoms with Crippen molar-refractivity contribution in [2.45, 2.75) is 31.8 Å². The van der Waals surface area contributed by atoms with Crippen molar-refractivity contribution in [1.29, 1.82) is 0 Å². The van der Waals surface area contributed by atoms with Crippen LogP contribution in [-0.4, -0.2) is 28.5 Å². The third-order valence-corrected chi connectivity index (χ3v) is 3.48. The Morgan fingerprint density at radius 2 is 1.81 bits per heavy atom. The number of hydrogen-bond acceptors (Lipinski definition) is 6. The molecule has 0 radical (unpaired) electrons. The molecule has 6 heteroatoms. The van der Waals surface area contributed by atoms with E-state index >= 15 is 0 Å². The number of hydrogen-bond donors (Lipinski definition) is 1. The van der Waals surface area contributed by atoms with Crippen molar-refractivity contribution in [2.75, 3.05) is 13.2 Å². The lowest BCUT2D eigenvalue weighted by Crippen LogP contribution is -2.08. The SMILES string of the molecule is OCCOc1ccc(OCc2nnc(C3CCC3)o2)cc1. The number of aromatic nitrogens is 2. The zero-order chi connectivity index (χ0) is 14.5. The van der Waals surface area contributed by atoms with E-state index in [1.54, 1.807) is 24.3 Å². The molecule has 0 atom stereocenters. The van der Waals surface area contributed by atoms with Crippen LogP contribution in [0.2, 0.25) is 0 Å². The molecule has 0 saturated heterocycles. The molecule has 0 spiro atoms. The van der Waals surface area contributed by atoms with Crippen LogP contribution in [0.25, 0.3) is 0 Å². The molecule has 3 rings (SSSR count). The Morgan fingerprint density at radius 3 is 2.43 bits per heavy atom. The number of benzene rings is 1. The van der Waals surface area contributed by atoms with Crippen LogP contribution in [0.15, 0.2) is 28.7 Å². The summed E-state index contributed by atoms with van der Waals surface area (Å²) in [5.41, 5.74) is 0. The van der Waals surface area contributed by atoms with Crippen LogP contribution in [0.3, 0.4) is 0 Å². The van der Waals surface area contributed by atoms with Crippen molar-refractivity contribution in [2.24, 2.45) is 0 Å². The smallest absolute Gasteiger partial charge is 0.253 e. The third kappa shape index (κ3) is 3.52. The fraction of sp³-hybridized carbons (Fsp3) is 0.467. The Labute approximate surface area is 122 Å². The Balaban J connectivity index is 1.51. The molecule has 21 heavy (non-hydrogen) atoms. The minimum atomic E-state index is -0.00125. The molecule has 2 aromatic rings. The van der Waals surface area contributed by atoms with E-state index in [0.717, 1.165) is 18.7 Å². The highest BCUT2D eigenvalue weighted by molar-refractivity contribution is 5.31. The first-order valence-electron chi connectivity index (χ1n) is 7.14. The van der Waals surface area contributed by atoms with Gasteiger partial charge in [0.2, 0.25) is 5.89 Å². The second kappa shape index (κ2) is 6.58. The Morgan fingerprint density at radius 1 is 1.10 bits per heavy atom. The second-order valence-corrected chi connectivity index (χ2v) is 4.99. The molecule has 1 fully saturated rings. The van der Waals surface area contributed by atoms with Crippen LogP contribution in [0.4, 0.5) is 0 Å². The zero-order valence-electron chi connectivity index (χ0n) is 11.7. The van der Waals surface area contributed by atoms with Crippen molar-refractivity contribution in [3.8, 4) is 11.5 Å². The van der Waals surface area contributed by atoms with Gasteiger partial charge in [0.25, 0.3) is 5.89 Å². The maximum absolute atomic E-state index is 8.68. The summed E-state index contributed by atoms with van der Waals surface area (Å²) in [4.78, 5) is 0. The van der Waals surface area contributed by atoms with Crippen LogP contribution >= 0.6 is 0 Å². The summed E-state index contributed by atoms with van der Waals surface area (Å²) >= 11 is 0. The molecular weight excluding hydrogens is 272 g/mol. The van der Waals surface area contributed by atoms with Gasteiger partial charge >= 0.3 is 0 Å². The molecule has 0 amide bonds. The predicted molar refractivity (Wildman–Crippen MR) is 74.2 cm³/mol. The van der Waals surface area contributed by atoms with Gasteiger partial charge in [-0.2, -0.15) is 0 Å². The highest BCUT2D eigenvalue weighted by atomic mass is 16.5. The number of aliphatic hydroxyl groups excluding tert-OH is 1. The van der Waals surface area contributed by atoms with Crippen LogP contribution < -0.4 is 9.47 Å². The molecular formula is C15H18N2O4. The van der Waals surface area contributed by atoms with E-state index in [1.165, 1.54) is 6.42 Å². The maximum atomic E-state index is 8.68. The topological polar surface area (TPSA) is 77.6 Å². The summed E-state index contributed by atoms with van der Waals surface area (Å²) in [7, 11) is 0. The molecule has 0 aliphatic heterocycles. The Kier molecular flexibility index (Phi) is 4.35. The minimum Gasteiger partial charge on any atom is -0.491 e. The van der Waals surface area contributed by atoms with Gasteiger partial charge in [-0.1, -0.05) is 6.42 Å². The number of rotatable bonds is 7. The molecule has 1 N–H and O–H groups in total. The van der Waals surface area contributed by atoms with Gasteiger partial charge in [-0.3, -0.25) is 0 Å². The molecule has 0 unspecified atom stereocenters. The normalized spacial score (nSPS) is 14.7. The van der Waals surface area contributed by atoms with Crippen LogP contribution in [0, 0.1) is 0 Å².